The molecule has 0 saturated carbocycles. The van der Waals surface area contributed by atoms with Crippen molar-refractivity contribution in [2.75, 3.05) is 19.8 Å². The third-order valence-corrected chi connectivity index (χ3v) is 10.5. The van der Waals surface area contributed by atoms with Gasteiger partial charge in [0, 0.05) is 24.0 Å². The predicted octanol–water partition coefficient (Wildman–Crippen LogP) is 11.2. The summed E-state index contributed by atoms with van der Waals surface area (Å²) in [6, 6.07) is 33.8. The molecule has 0 radical (unpaired) electrons. The molecule has 0 N–H and O–H groups in total. The van der Waals surface area contributed by atoms with E-state index in [9.17, 15) is 13.2 Å². The molecule has 3 atom stereocenters. The highest BCUT2D eigenvalue weighted by atomic mass is 19.1. The predicted molar refractivity (Wildman–Crippen MR) is 218 cm³/mol. The summed E-state index contributed by atoms with van der Waals surface area (Å²) in [6.07, 6.45) is 8.98. The summed E-state index contributed by atoms with van der Waals surface area (Å²) < 4.78 is 61.5. The molecular formula is C48H50F3N3O3. The van der Waals surface area contributed by atoms with Crippen molar-refractivity contribution in [1.29, 1.82) is 0 Å². The lowest BCUT2D eigenvalue weighted by Crippen LogP contribution is -2.44. The first kappa shape index (κ1) is 40.9. The maximum Gasteiger partial charge on any atom is 0.212 e. The average Bonchev–Trinajstić information content (AvgIpc) is 3.23. The minimum Gasteiger partial charge on any atom is -0.494 e. The normalized spacial score (nSPS) is 13.4. The zero-order chi connectivity index (χ0) is 40.0. The van der Waals surface area contributed by atoms with Gasteiger partial charge in [-0.1, -0.05) is 74.9 Å². The Balaban J connectivity index is 1.65. The largest absolute Gasteiger partial charge is 0.494 e. The van der Waals surface area contributed by atoms with E-state index < -0.39 is 23.3 Å². The first-order valence-corrected chi connectivity index (χ1v) is 19.8. The van der Waals surface area contributed by atoms with E-state index in [1.54, 1.807) is 30.7 Å². The highest BCUT2D eigenvalue weighted by molar-refractivity contribution is 5.46. The lowest BCUT2D eigenvalue weighted by molar-refractivity contribution is 0.265. The zero-order valence-electron chi connectivity index (χ0n) is 32.8. The van der Waals surface area contributed by atoms with Gasteiger partial charge < -0.3 is 14.2 Å². The summed E-state index contributed by atoms with van der Waals surface area (Å²) in [5, 5.41) is 0. The van der Waals surface area contributed by atoms with E-state index in [-0.39, 0.29) is 11.8 Å². The molecule has 3 unspecified atom stereocenters. The lowest BCUT2D eigenvalue weighted by Gasteiger charge is -2.48. The van der Waals surface area contributed by atoms with Crippen LogP contribution in [0.1, 0.15) is 85.3 Å². The number of rotatable bonds is 20. The topological polar surface area (TPSA) is 66.4 Å². The molecule has 9 heteroatoms. The van der Waals surface area contributed by atoms with Gasteiger partial charge in [0.1, 0.15) is 17.2 Å². The van der Waals surface area contributed by atoms with Crippen LogP contribution in [-0.4, -0.2) is 34.8 Å². The maximum atomic E-state index is 14.9. The van der Waals surface area contributed by atoms with Gasteiger partial charge in [-0.25, -0.2) is 15.0 Å². The minimum absolute atomic E-state index is 0.345. The van der Waals surface area contributed by atoms with Gasteiger partial charge in [-0.15, -0.1) is 0 Å². The van der Waals surface area contributed by atoms with Crippen LogP contribution in [0.2, 0.25) is 0 Å². The summed E-state index contributed by atoms with van der Waals surface area (Å²) in [7, 11) is 0. The smallest absolute Gasteiger partial charge is 0.212 e. The maximum absolute atomic E-state index is 14.9. The number of aromatic nitrogens is 3. The van der Waals surface area contributed by atoms with E-state index in [4.69, 9.17) is 14.2 Å². The molecule has 6 rings (SSSR count). The Bertz CT molecular complexity index is 2100. The van der Waals surface area contributed by atoms with Crippen LogP contribution in [0.15, 0.2) is 128 Å². The third-order valence-electron chi connectivity index (χ3n) is 10.5. The first-order valence-electron chi connectivity index (χ1n) is 19.8. The molecule has 0 aliphatic rings. The van der Waals surface area contributed by atoms with Crippen LogP contribution in [0.5, 0.6) is 17.2 Å². The zero-order valence-corrected chi connectivity index (χ0v) is 32.8. The molecule has 0 fully saturated rings. The van der Waals surface area contributed by atoms with Crippen molar-refractivity contribution in [3.63, 3.8) is 0 Å². The Morgan fingerprint density at radius 3 is 1.39 bits per heavy atom. The van der Waals surface area contributed by atoms with Crippen molar-refractivity contribution in [2.45, 2.75) is 76.5 Å². The molecule has 0 saturated heterocycles. The summed E-state index contributed by atoms with van der Waals surface area (Å²) in [6.45, 7) is 7.85. The Morgan fingerprint density at radius 2 is 0.947 bits per heavy atom. The minimum atomic E-state index is -0.896. The van der Waals surface area contributed by atoms with Crippen molar-refractivity contribution in [2.24, 2.45) is 0 Å². The molecule has 0 spiro atoms. The fraction of sp³-hybridized carbons (Fsp3) is 0.312. The van der Waals surface area contributed by atoms with E-state index in [2.05, 4.69) is 65.2 Å². The number of halogens is 3. The first-order chi connectivity index (χ1) is 27.8. The average molecular weight is 774 g/mol. The van der Waals surface area contributed by atoms with Gasteiger partial charge >= 0.3 is 0 Å². The Kier molecular flexibility index (Phi) is 14.3. The van der Waals surface area contributed by atoms with Gasteiger partial charge in [0.25, 0.3) is 0 Å². The van der Waals surface area contributed by atoms with Gasteiger partial charge in [-0.2, -0.15) is 13.2 Å². The molecule has 6 aromatic rings. The van der Waals surface area contributed by atoms with Crippen LogP contribution in [0.25, 0.3) is 0 Å². The summed E-state index contributed by atoms with van der Waals surface area (Å²) >= 11 is 0. The summed E-state index contributed by atoms with van der Waals surface area (Å²) in [5.41, 5.74) is 4.53. The van der Waals surface area contributed by atoms with E-state index in [0.717, 1.165) is 69.9 Å². The highest BCUT2D eigenvalue weighted by Crippen LogP contribution is 2.54. The lowest BCUT2D eigenvalue weighted by atomic mass is 9.54. The Morgan fingerprint density at radius 1 is 0.491 bits per heavy atom. The van der Waals surface area contributed by atoms with Crippen LogP contribution in [0.4, 0.5) is 13.2 Å². The van der Waals surface area contributed by atoms with E-state index in [1.165, 1.54) is 18.2 Å². The van der Waals surface area contributed by atoms with E-state index in [1.807, 2.05) is 49.4 Å². The molecule has 3 heterocycles. The Labute approximate surface area is 334 Å². The number of hydrogen-bond donors (Lipinski definition) is 0. The second kappa shape index (κ2) is 19.9. The standard InChI is InChI=1S/C48H50F3N3O3/c1-4-7-27-57-41-17-8-34(9-18-41)30-48(39-16-25-47(51)54-33-39,43(28-35-10-23-45(49)52-31-35)37-12-19-40(20-13-37)55-6-3)44(29-36-11-24-46(50)53-32-36)38-14-21-42(22-15-38)56-26-5-2/h8-25,31-33,43-44H,4-7,26-30H2,1-3H3. The van der Waals surface area contributed by atoms with Gasteiger partial charge in [0.05, 0.1) is 19.8 Å². The molecule has 0 bridgehead atoms. The van der Waals surface area contributed by atoms with Crippen LogP contribution in [-0.2, 0) is 24.7 Å². The molecule has 3 aromatic carbocycles. The quantitative estimate of drug-likeness (QED) is 0.0569. The summed E-state index contributed by atoms with van der Waals surface area (Å²) in [4.78, 5) is 12.4. The summed E-state index contributed by atoms with van der Waals surface area (Å²) in [5.74, 6) is -0.177. The van der Waals surface area contributed by atoms with Gasteiger partial charge in [-0.3, -0.25) is 0 Å². The van der Waals surface area contributed by atoms with Crippen LogP contribution >= 0.6 is 0 Å². The van der Waals surface area contributed by atoms with Gasteiger partial charge in [-0.05, 0) is 139 Å². The highest BCUT2D eigenvalue weighted by Gasteiger charge is 2.48. The van der Waals surface area contributed by atoms with Crippen LogP contribution in [0.3, 0.4) is 0 Å². The Hall–Kier alpha value is -5.70. The molecule has 0 aliphatic carbocycles. The molecule has 6 nitrogen and oxygen atoms in total. The monoisotopic (exact) mass is 773 g/mol. The molecule has 0 amide bonds. The fourth-order valence-electron chi connectivity index (χ4n) is 7.72. The van der Waals surface area contributed by atoms with E-state index in [0.29, 0.717) is 39.1 Å². The van der Waals surface area contributed by atoms with Crippen LogP contribution in [0, 0.1) is 17.8 Å². The molecule has 57 heavy (non-hydrogen) atoms. The number of benzene rings is 3. The van der Waals surface area contributed by atoms with Crippen LogP contribution < -0.4 is 14.2 Å². The number of pyridine rings is 3. The number of unbranched alkanes of at least 4 members (excludes halogenated alkanes) is 1. The molecule has 296 valence electrons. The van der Waals surface area contributed by atoms with Crippen molar-refractivity contribution in [1.82, 2.24) is 15.0 Å². The van der Waals surface area contributed by atoms with Crippen molar-refractivity contribution in [3.8, 4) is 17.2 Å². The fourth-order valence-corrected chi connectivity index (χ4v) is 7.72. The van der Waals surface area contributed by atoms with Crippen molar-refractivity contribution < 1.29 is 27.4 Å². The van der Waals surface area contributed by atoms with Crippen molar-refractivity contribution >= 4 is 0 Å². The molecule has 0 aliphatic heterocycles. The second-order valence-corrected chi connectivity index (χ2v) is 14.3. The van der Waals surface area contributed by atoms with Gasteiger partial charge in [0.15, 0.2) is 0 Å². The van der Waals surface area contributed by atoms with Crippen molar-refractivity contribution in [3.05, 3.63) is 179 Å². The number of hydrogen-bond acceptors (Lipinski definition) is 6. The van der Waals surface area contributed by atoms with E-state index >= 15 is 0 Å². The molecular weight excluding hydrogens is 724 g/mol. The second-order valence-electron chi connectivity index (χ2n) is 14.3. The van der Waals surface area contributed by atoms with Gasteiger partial charge in [0.2, 0.25) is 17.8 Å². The molecule has 3 aromatic heterocycles. The number of ether oxygens (including phenoxy) is 3. The third kappa shape index (κ3) is 10.6. The SMILES string of the molecule is CCCCOc1ccc(CC(c2ccc(F)nc2)(C(Cc2ccc(F)nc2)c2ccc(OCC)cc2)C(Cc2ccc(F)nc2)c2ccc(OCCC)cc2)cc1. The number of nitrogens with zero attached hydrogens (tertiary/aromatic N) is 3.